The molecule has 2 fully saturated rings. The van der Waals surface area contributed by atoms with Gasteiger partial charge in [0.05, 0.1) is 0 Å². The van der Waals surface area contributed by atoms with E-state index in [1.807, 2.05) is 0 Å². The minimum Gasteiger partial charge on any atom is -0.367 e. The first-order valence-electron chi connectivity index (χ1n) is 6.62. The average molecular weight is 252 g/mol. The van der Waals surface area contributed by atoms with Gasteiger partial charge in [0.2, 0.25) is 11.1 Å². The van der Waals surface area contributed by atoms with Crippen LogP contribution in [0.3, 0.4) is 0 Å². The molecule has 1 aliphatic carbocycles. The fraction of sp³-hybridized carbons (Fsp3) is 0.833. The summed E-state index contributed by atoms with van der Waals surface area (Å²) >= 11 is 1.43. The van der Waals surface area contributed by atoms with Gasteiger partial charge in [-0.15, -0.1) is 0 Å². The summed E-state index contributed by atoms with van der Waals surface area (Å²) < 4.78 is 4.06. The zero-order chi connectivity index (χ0) is 11.7. The predicted molar refractivity (Wildman–Crippen MR) is 71.3 cm³/mol. The number of hydrogen-bond acceptors (Lipinski definition) is 5. The lowest BCUT2D eigenvalue weighted by Gasteiger charge is -2.44. The van der Waals surface area contributed by atoms with Crippen molar-refractivity contribution in [3.8, 4) is 0 Å². The Morgan fingerprint density at radius 2 is 1.76 bits per heavy atom. The largest absolute Gasteiger partial charge is 0.367 e. The van der Waals surface area contributed by atoms with Crippen molar-refractivity contribution in [1.82, 2.24) is 9.36 Å². The molecule has 2 N–H and O–H groups in total. The van der Waals surface area contributed by atoms with Gasteiger partial charge in [0.25, 0.3) is 0 Å². The van der Waals surface area contributed by atoms with Gasteiger partial charge in [0.15, 0.2) is 0 Å². The van der Waals surface area contributed by atoms with Crippen molar-refractivity contribution in [2.75, 3.05) is 23.7 Å². The monoisotopic (exact) mass is 252 g/mol. The predicted octanol–water partition coefficient (Wildman–Crippen LogP) is 2.67. The van der Waals surface area contributed by atoms with Crippen LogP contribution in [-0.2, 0) is 0 Å². The van der Waals surface area contributed by atoms with Crippen molar-refractivity contribution in [2.24, 2.45) is 5.41 Å². The lowest BCUT2D eigenvalue weighted by molar-refractivity contribution is 0.144. The molecular formula is C12H20N4S. The van der Waals surface area contributed by atoms with E-state index in [2.05, 4.69) is 14.3 Å². The molecule has 17 heavy (non-hydrogen) atoms. The van der Waals surface area contributed by atoms with Crippen LogP contribution in [0.2, 0.25) is 0 Å². The lowest BCUT2D eigenvalue weighted by Crippen LogP contribution is -2.41. The molecule has 0 radical (unpaired) electrons. The van der Waals surface area contributed by atoms with E-state index in [0.29, 0.717) is 11.4 Å². The van der Waals surface area contributed by atoms with Gasteiger partial charge >= 0.3 is 0 Å². The molecule has 0 bridgehead atoms. The highest BCUT2D eigenvalue weighted by atomic mass is 32.1. The number of nitrogen functional groups attached to an aromatic ring is 1. The lowest BCUT2D eigenvalue weighted by atomic mass is 9.68. The second-order valence-corrected chi connectivity index (χ2v) is 6.21. The summed E-state index contributed by atoms with van der Waals surface area (Å²) in [5, 5.41) is 1.01. The van der Waals surface area contributed by atoms with Crippen LogP contribution in [0.25, 0.3) is 0 Å². The van der Waals surface area contributed by atoms with E-state index >= 15 is 0 Å². The second-order valence-electron chi connectivity index (χ2n) is 5.48. The molecule has 1 saturated heterocycles. The minimum absolute atomic E-state index is 0.419. The first kappa shape index (κ1) is 11.3. The van der Waals surface area contributed by atoms with E-state index in [0.717, 1.165) is 18.2 Å². The van der Waals surface area contributed by atoms with Gasteiger partial charge in [-0.25, -0.2) is 0 Å². The van der Waals surface area contributed by atoms with Crippen molar-refractivity contribution in [3.63, 3.8) is 0 Å². The van der Waals surface area contributed by atoms with Gasteiger partial charge in [-0.05, 0) is 31.1 Å². The number of rotatable bonds is 1. The Morgan fingerprint density at radius 1 is 1.06 bits per heavy atom. The first-order valence-corrected chi connectivity index (χ1v) is 7.39. The maximum atomic E-state index is 5.58. The SMILES string of the molecule is Nc1nsc(N2CCC3(CCCCC3)CC2)n1. The van der Waals surface area contributed by atoms with Crippen LogP contribution in [0, 0.1) is 5.41 Å². The van der Waals surface area contributed by atoms with E-state index < -0.39 is 0 Å². The molecule has 3 rings (SSSR count). The number of anilines is 2. The molecule has 0 amide bonds. The standard InChI is InChI=1S/C12H20N4S/c13-10-14-11(17-15-10)16-8-6-12(7-9-16)4-2-1-3-5-12/h1-9H2,(H2,13,15). The van der Waals surface area contributed by atoms with Crippen molar-refractivity contribution in [2.45, 2.75) is 44.9 Å². The Morgan fingerprint density at radius 3 is 2.35 bits per heavy atom. The molecule has 2 aliphatic rings. The highest BCUT2D eigenvalue weighted by Crippen LogP contribution is 2.45. The van der Waals surface area contributed by atoms with Crippen LogP contribution in [0.5, 0.6) is 0 Å². The minimum atomic E-state index is 0.419. The zero-order valence-electron chi connectivity index (χ0n) is 10.2. The molecule has 0 unspecified atom stereocenters. The quantitative estimate of drug-likeness (QED) is 0.835. The van der Waals surface area contributed by atoms with Crippen LogP contribution >= 0.6 is 11.5 Å². The van der Waals surface area contributed by atoms with Crippen LogP contribution in [0.4, 0.5) is 11.1 Å². The Kier molecular flexibility index (Phi) is 2.94. The van der Waals surface area contributed by atoms with Gasteiger partial charge in [-0.3, -0.25) is 0 Å². The summed E-state index contributed by atoms with van der Waals surface area (Å²) in [6.45, 7) is 2.27. The third-order valence-corrected chi connectivity index (χ3v) is 5.23. The summed E-state index contributed by atoms with van der Waals surface area (Å²) in [4.78, 5) is 6.63. The maximum absolute atomic E-state index is 5.58. The molecule has 94 valence electrons. The van der Waals surface area contributed by atoms with Gasteiger partial charge in [0.1, 0.15) is 0 Å². The third-order valence-electron chi connectivity index (χ3n) is 4.44. The van der Waals surface area contributed by atoms with Crippen molar-refractivity contribution >= 4 is 22.6 Å². The molecule has 1 spiro atoms. The van der Waals surface area contributed by atoms with E-state index in [-0.39, 0.29) is 0 Å². The van der Waals surface area contributed by atoms with E-state index in [1.54, 1.807) is 0 Å². The van der Waals surface area contributed by atoms with Crippen LogP contribution in [0.1, 0.15) is 44.9 Å². The Labute approximate surface area is 106 Å². The molecular weight excluding hydrogens is 232 g/mol. The molecule has 1 saturated carbocycles. The molecule has 1 aromatic heterocycles. The first-order chi connectivity index (χ1) is 8.27. The average Bonchev–Trinajstić information content (AvgIpc) is 2.78. The van der Waals surface area contributed by atoms with Crippen molar-refractivity contribution < 1.29 is 0 Å². The van der Waals surface area contributed by atoms with Crippen LogP contribution in [0.15, 0.2) is 0 Å². The summed E-state index contributed by atoms with van der Waals surface area (Å²) in [5.41, 5.74) is 6.24. The van der Waals surface area contributed by atoms with Gasteiger partial charge in [-0.1, -0.05) is 19.3 Å². The molecule has 1 aromatic rings. The smallest absolute Gasteiger partial charge is 0.233 e. The van der Waals surface area contributed by atoms with Gasteiger partial charge in [-0.2, -0.15) is 9.36 Å². The molecule has 0 atom stereocenters. The van der Waals surface area contributed by atoms with E-state index in [9.17, 15) is 0 Å². The normalized spacial score (nSPS) is 24.1. The number of hydrogen-bond donors (Lipinski definition) is 1. The third kappa shape index (κ3) is 2.25. The van der Waals surface area contributed by atoms with Crippen LogP contribution < -0.4 is 10.6 Å². The highest BCUT2D eigenvalue weighted by Gasteiger charge is 2.36. The van der Waals surface area contributed by atoms with Crippen LogP contribution in [-0.4, -0.2) is 22.4 Å². The Balaban J connectivity index is 1.63. The Hall–Kier alpha value is -0.840. The molecule has 1 aliphatic heterocycles. The summed E-state index contributed by atoms with van der Waals surface area (Å²) in [7, 11) is 0. The number of nitrogens with zero attached hydrogens (tertiary/aromatic N) is 3. The molecule has 0 aromatic carbocycles. The van der Waals surface area contributed by atoms with Crippen molar-refractivity contribution in [3.05, 3.63) is 0 Å². The topological polar surface area (TPSA) is 55.0 Å². The fourth-order valence-corrected chi connectivity index (χ4v) is 3.98. The maximum Gasteiger partial charge on any atom is 0.233 e. The number of piperidine rings is 1. The summed E-state index contributed by atoms with van der Waals surface area (Å²) in [6, 6.07) is 0. The van der Waals surface area contributed by atoms with Gasteiger partial charge < -0.3 is 10.6 Å². The highest BCUT2D eigenvalue weighted by molar-refractivity contribution is 7.09. The summed E-state index contributed by atoms with van der Waals surface area (Å²) in [6.07, 6.45) is 9.85. The van der Waals surface area contributed by atoms with E-state index in [4.69, 9.17) is 5.73 Å². The molecule has 2 heterocycles. The van der Waals surface area contributed by atoms with Crippen molar-refractivity contribution in [1.29, 1.82) is 0 Å². The summed E-state index contributed by atoms with van der Waals surface area (Å²) in [5.74, 6) is 0.419. The second kappa shape index (κ2) is 4.44. The number of aromatic nitrogens is 2. The molecule has 5 heteroatoms. The number of nitrogens with two attached hydrogens (primary N) is 1. The fourth-order valence-electron chi connectivity index (χ4n) is 3.33. The Bertz CT molecular complexity index is 374. The zero-order valence-corrected chi connectivity index (χ0v) is 11.0. The molecule has 4 nitrogen and oxygen atoms in total. The van der Waals surface area contributed by atoms with E-state index in [1.165, 1.54) is 56.5 Å². The van der Waals surface area contributed by atoms with Gasteiger partial charge in [0, 0.05) is 24.6 Å².